The Labute approximate surface area is 195 Å². The summed E-state index contributed by atoms with van der Waals surface area (Å²) in [7, 11) is 0. The van der Waals surface area contributed by atoms with Crippen molar-refractivity contribution in [1.29, 1.82) is 0 Å². The van der Waals surface area contributed by atoms with Crippen LogP contribution in [0.4, 0.5) is 11.4 Å². The standard InChI is InChI=1S/C25H21N3O4S/c29-24(27-19-8-10-22(11-9-19)33-17-18-4-2-12-26-15-18)16-32-21-6-1-5-20(14-21)28-25(30)23-7-3-13-31-23/h1-15H,16-17H2,(H,27,29)(H,28,30). The van der Waals surface area contributed by atoms with Gasteiger partial charge in [0.15, 0.2) is 12.4 Å². The van der Waals surface area contributed by atoms with E-state index in [0.717, 1.165) is 16.2 Å². The fourth-order valence-corrected chi connectivity index (χ4v) is 3.73. The van der Waals surface area contributed by atoms with Crippen molar-refractivity contribution < 1.29 is 18.7 Å². The van der Waals surface area contributed by atoms with Crippen LogP contribution in [-0.4, -0.2) is 23.4 Å². The molecule has 0 radical (unpaired) electrons. The van der Waals surface area contributed by atoms with E-state index in [1.165, 1.54) is 6.26 Å². The molecule has 0 aliphatic rings. The molecule has 0 fully saturated rings. The second-order valence-electron chi connectivity index (χ2n) is 6.97. The average molecular weight is 460 g/mol. The molecule has 0 saturated carbocycles. The minimum atomic E-state index is -0.364. The summed E-state index contributed by atoms with van der Waals surface area (Å²) in [6.07, 6.45) is 5.04. The van der Waals surface area contributed by atoms with Crippen LogP contribution in [0.25, 0.3) is 0 Å². The molecule has 2 aromatic heterocycles. The van der Waals surface area contributed by atoms with E-state index < -0.39 is 0 Å². The summed E-state index contributed by atoms with van der Waals surface area (Å²) in [4.78, 5) is 29.6. The minimum absolute atomic E-state index is 0.160. The Hall–Kier alpha value is -4.04. The van der Waals surface area contributed by atoms with Gasteiger partial charge in [0.25, 0.3) is 11.8 Å². The first-order valence-corrected chi connectivity index (χ1v) is 11.1. The predicted octanol–water partition coefficient (Wildman–Crippen LogP) is 5.24. The molecule has 0 bridgehead atoms. The zero-order chi connectivity index (χ0) is 22.9. The highest BCUT2D eigenvalue weighted by atomic mass is 32.2. The van der Waals surface area contributed by atoms with Crippen molar-refractivity contribution in [2.24, 2.45) is 0 Å². The van der Waals surface area contributed by atoms with E-state index in [1.54, 1.807) is 54.4 Å². The first-order chi connectivity index (χ1) is 16.2. The highest BCUT2D eigenvalue weighted by Crippen LogP contribution is 2.24. The number of benzene rings is 2. The van der Waals surface area contributed by atoms with Gasteiger partial charge in [-0.25, -0.2) is 0 Å². The van der Waals surface area contributed by atoms with Crippen molar-refractivity contribution in [2.75, 3.05) is 17.2 Å². The molecule has 0 atom stereocenters. The first-order valence-electron chi connectivity index (χ1n) is 10.1. The van der Waals surface area contributed by atoms with Crippen molar-refractivity contribution >= 4 is 35.0 Å². The van der Waals surface area contributed by atoms with Gasteiger partial charge < -0.3 is 19.8 Å². The number of hydrogen-bond acceptors (Lipinski definition) is 6. The number of nitrogens with one attached hydrogen (secondary N) is 2. The number of furan rings is 1. The topological polar surface area (TPSA) is 93.5 Å². The minimum Gasteiger partial charge on any atom is -0.484 e. The van der Waals surface area contributed by atoms with Gasteiger partial charge in [0.05, 0.1) is 6.26 Å². The molecule has 7 nitrogen and oxygen atoms in total. The van der Waals surface area contributed by atoms with E-state index in [9.17, 15) is 9.59 Å². The zero-order valence-corrected chi connectivity index (χ0v) is 18.4. The van der Waals surface area contributed by atoms with Crippen LogP contribution in [0.5, 0.6) is 5.75 Å². The number of pyridine rings is 1. The van der Waals surface area contributed by atoms with Crippen LogP contribution in [0.2, 0.25) is 0 Å². The Bertz CT molecular complexity index is 1200. The number of aromatic nitrogens is 1. The molecule has 2 N–H and O–H groups in total. The number of rotatable bonds is 9. The molecule has 2 amide bonds. The number of hydrogen-bond donors (Lipinski definition) is 2. The van der Waals surface area contributed by atoms with Gasteiger partial charge in [-0.3, -0.25) is 14.6 Å². The maximum atomic E-state index is 12.3. The fraction of sp³-hybridized carbons (Fsp3) is 0.0800. The van der Waals surface area contributed by atoms with E-state index >= 15 is 0 Å². The second kappa shape index (κ2) is 11.0. The Morgan fingerprint density at radius 1 is 0.939 bits per heavy atom. The monoisotopic (exact) mass is 459 g/mol. The molecule has 2 aromatic carbocycles. The van der Waals surface area contributed by atoms with Crippen LogP contribution in [0.1, 0.15) is 16.1 Å². The van der Waals surface area contributed by atoms with E-state index in [4.69, 9.17) is 9.15 Å². The van der Waals surface area contributed by atoms with Gasteiger partial charge in [0.1, 0.15) is 5.75 Å². The summed E-state index contributed by atoms with van der Waals surface area (Å²) in [6.45, 7) is -0.160. The molecule has 2 heterocycles. The lowest BCUT2D eigenvalue weighted by Crippen LogP contribution is -2.20. The maximum absolute atomic E-state index is 12.3. The van der Waals surface area contributed by atoms with Crippen LogP contribution < -0.4 is 15.4 Å². The summed E-state index contributed by atoms with van der Waals surface area (Å²) < 4.78 is 10.6. The smallest absolute Gasteiger partial charge is 0.291 e. The fourth-order valence-electron chi connectivity index (χ4n) is 2.89. The third-order valence-electron chi connectivity index (χ3n) is 4.47. The number of carbonyl (C=O) groups excluding carboxylic acids is 2. The Morgan fingerprint density at radius 2 is 1.82 bits per heavy atom. The SMILES string of the molecule is O=C(COc1cccc(NC(=O)c2ccco2)c1)Nc1ccc(SCc2cccnc2)cc1. The van der Waals surface area contributed by atoms with Crippen molar-refractivity contribution in [2.45, 2.75) is 10.6 Å². The Morgan fingerprint density at radius 3 is 2.58 bits per heavy atom. The lowest BCUT2D eigenvalue weighted by Gasteiger charge is -2.10. The van der Waals surface area contributed by atoms with Gasteiger partial charge in [-0.1, -0.05) is 12.1 Å². The van der Waals surface area contributed by atoms with Crippen molar-refractivity contribution in [1.82, 2.24) is 4.98 Å². The van der Waals surface area contributed by atoms with Crippen molar-refractivity contribution in [3.63, 3.8) is 0 Å². The Balaban J connectivity index is 1.24. The normalized spacial score (nSPS) is 10.4. The molecular formula is C25H21N3O4S. The van der Waals surface area contributed by atoms with E-state index in [1.807, 2.05) is 42.6 Å². The summed E-state index contributed by atoms with van der Waals surface area (Å²) in [6, 6.07) is 21.6. The molecule has 0 aliphatic heterocycles. The molecule has 0 saturated heterocycles. The van der Waals surface area contributed by atoms with Crippen LogP contribution in [-0.2, 0) is 10.5 Å². The number of ether oxygens (including phenoxy) is 1. The lowest BCUT2D eigenvalue weighted by atomic mass is 10.3. The summed E-state index contributed by atoms with van der Waals surface area (Å²) in [5.41, 5.74) is 2.38. The van der Waals surface area contributed by atoms with Crippen LogP contribution >= 0.6 is 11.8 Å². The lowest BCUT2D eigenvalue weighted by molar-refractivity contribution is -0.118. The van der Waals surface area contributed by atoms with Gasteiger partial charge in [-0.15, -0.1) is 11.8 Å². The summed E-state index contributed by atoms with van der Waals surface area (Å²) >= 11 is 1.70. The van der Waals surface area contributed by atoms with E-state index in [2.05, 4.69) is 15.6 Å². The molecule has 166 valence electrons. The van der Waals surface area contributed by atoms with Gasteiger partial charge >= 0.3 is 0 Å². The van der Waals surface area contributed by atoms with E-state index in [0.29, 0.717) is 17.1 Å². The quantitative estimate of drug-likeness (QED) is 0.333. The molecule has 4 aromatic rings. The molecule has 8 heteroatoms. The number of amides is 2. The summed E-state index contributed by atoms with van der Waals surface area (Å²) in [5, 5.41) is 5.53. The zero-order valence-electron chi connectivity index (χ0n) is 17.6. The van der Waals surface area contributed by atoms with Gasteiger partial charge in [0, 0.05) is 40.5 Å². The number of nitrogens with zero attached hydrogens (tertiary/aromatic N) is 1. The molecule has 4 rings (SSSR count). The summed E-state index contributed by atoms with van der Waals surface area (Å²) in [5.74, 6) is 0.855. The molecule has 33 heavy (non-hydrogen) atoms. The number of anilines is 2. The first kappa shape index (κ1) is 22.2. The number of carbonyl (C=O) groups is 2. The van der Waals surface area contributed by atoms with Crippen molar-refractivity contribution in [3.05, 3.63) is 103 Å². The predicted molar refractivity (Wildman–Crippen MR) is 127 cm³/mol. The molecule has 0 spiro atoms. The average Bonchev–Trinajstić information content (AvgIpc) is 3.39. The molecular weight excluding hydrogens is 438 g/mol. The van der Waals surface area contributed by atoms with Crippen LogP contribution in [0.15, 0.2) is 101 Å². The third kappa shape index (κ3) is 6.72. The highest BCUT2D eigenvalue weighted by Gasteiger charge is 2.10. The van der Waals surface area contributed by atoms with Gasteiger partial charge in [-0.2, -0.15) is 0 Å². The molecule has 0 aliphatic carbocycles. The second-order valence-corrected chi connectivity index (χ2v) is 8.02. The molecule has 0 unspecified atom stereocenters. The van der Waals surface area contributed by atoms with Crippen LogP contribution in [0.3, 0.4) is 0 Å². The third-order valence-corrected chi connectivity index (χ3v) is 5.56. The van der Waals surface area contributed by atoms with Crippen LogP contribution in [0, 0.1) is 0 Å². The Kier molecular flexibility index (Phi) is 7.40. The van der Waals surface area contributed by atoms with Gasteiger partial charge in [0.2, 0.25) is 0 Å². The van der Waals surface area contributed by atoms with E-state index in [-0.39, 0.29) is 24.2 Å². The highest BCUT2D eigenvalue weighted by molar-refractivity contribution is 7.98. The maximum Gasteiger partial charge on any atom is 0.291 e. The van der Waals surface area contributed by atoms with Crippen molar-refractivity contribution in [3.8, 4) is 5.75 Å². The number of thioether (sulfide) groups is 1. The van der Waals surface area contributed by atoms with Gasteiger partial charge in [-0.05, 0) is 60.2 Å². The largest absolute Gasteiger partial charge is 0.484 e.